The summed E-state index contributed by atoms with van der Waals surface area (Å²) in [6, 6.07) is 0. The predicted octanol–water partition coefficient (Wildman–Crippen LogP) is 7.53. The van der Waals surface area contributed by atoms with Crippen LogP contribution in [0.5, 0.6) is 0 Å². The van der Waals surface area contributed by atoms with Crippen LogP contribution in [-0.2, 0) is 0 Å². The fourth-order valence-corrected chi connectivity index (χ4v) is 2.69. The first-order chi connectivity index (χ1) is 14.8. The second-order valence-electron chi connectivity index (χ2n) is 5.72. The first kappa shape index (κ1) is 28.8. The van der Waals surface area contributed by atoms with Crippen LogP contribution in [0.2, 0.25) is 0 Å². The Morgan fingerprint density at radius 3 is 0.727 bits per heavy atom. The quantitative estimate of drug-likeness (QED) is 0.166. The van der Waals surface area contributed by atoms with Crippen LogP contribution < -0.4 is 0 Å². The molecule has 0 amide bonds. The lowest BCUT2D eigenvalue weighted by atomic mass is 10.0. The third kappa shape index (κ3) is 6.87. The SMILES string of the molecule is FC(F)(F)CPCC(F)(F)F.Fc1c(F)c(F)c(-c2c(F)c(F)c(F)c(F)c2F)c(F)c1F. The molecule has 0 radical (unpaired) electrons. The summed E-state index contributed by atoms with van der Waals surface area (Å²) in [5.74, 6) is -26.6. The molecule has 0 fully saturated rings. The Labute approximate surface area is 174 Å². The van der Waals surface area contributed by atoms with Crippen molar-refractivity contribution in [3.8, 4) is 11.1 Å². The van der Waals surface area contributed by atoms with Crippen molar-refractivity contribution in [3.63, 3.8) is 0 Å². The van der Waals surface area contributed by atoms with Crippen LogP contribution in [0, 0.1) is 58.2 Å². The van der Waals surface area contributed by atoms with E-state index in [-0.39, 0.29) is 0 Å². The fraction of sp³-hybridized carbons (Fsp3) is 0.250. The highest BCUT2D eigenvalue weighted by atomic mass is 31.1. The smallest absolute Gasteiger partial charge is 0.203 e. The minimum atomic E-state index is -4.47. The van der Waals surface area contributed by atoms with Crippen LogP contribution in [0.4, 0.5) is 70.2 Å². The van der Waals surface area contributed by atoms with Crippen LogP contribution in [0.3, 0.4) is 0 Å². The van der Waals surface area contributed by atoms with Crippen LogP contribution in [0.25, 0.3) is 11.1 Å². The summed E-state index contributed by atoms with van der Waals surface area (Å²) in [5, 5.41) is 0. The second-order valence-corrected chi connectivity index (χ2v) is 6.93. The molecule has 0 saturated heterocycles. The third-order valence-electron chi connectivity index (χ3n) is 3.32. The van der Waals surface area contributed by atoms with Gasteiger partial charge in [-0.05, 0) is 0 Å². The fourth-order valence-electron chi connectivity index (χ4n) is 1.99. The lowest BCUT2D eigenvalue weighted by molar-refractivity contribution is -0.110. The predicted molar refractivity (Wildman–Crippen MR) is 81.6 cm³/mol. The molecule has 0 aromatic heterocycles. The van der Waals surface area contributed by atoms with Gasteiger partial charge in [-0.2, -0.15) is 26.3 Å². The van der Waals surface area contributed by atoms with Crippen LogP contribution in [0.1, 0.15) is 0 Å². The van der Waals surface area contributed by atoms with E-state index in [1.807, 2.05) is 0 Å². The molecule has 2 aromatic rings. The molecule has 33 heavy (non-hydrogen) atoms. The average Bonchev–Trinajstić information content (AvgIpc) is 2.68. The van der Waals surface area contributed by atoms with Crippen LogP contribution in [0.15, 0.2) is 0 Å². The Morgan fingerprint density at radius 2 is 0.545 bits per heavy atom. The molecule has 17 heteroatoms. The molecule has 0 bridgehead atoms. The summed E-state index contributed by atoms with van der Waals surface area (Å²) in [6.07, 6.45) is -11.6. The zero-order valence-corrected chi connectivity index (χ0v) is 16.0. The summed E-state index contributed by atoms with van der Waals surface area (Å²) in [4.78, 5) is 0. The lowest BCUT2D eigenvalue weighted by Gasteiger charge is -2.11. The molecule has 0 atom stereocenters. The van der Waals surface area contributed by atoms with Gasteiger partial charge in [0.2, 0.25) is 11.6 Å². The second kappa shape index (κ2) is 10.3. The van der Waals surface area contributed by atoms with Gasteiger partial charge in [-0.1, -0.05) is 0 Å². The van der Waals surface area contributed by atoms with Crippen molar-refractivity contribution in [1.29, 1.82) is 0 Å². The number of rotatable bonds is 3. The molecular formula is C16H5F16P. The van der Waals surface area contributed by atoms with Crippen molar-refractivity contribution < 1.29 is 70.2 Å². The van der Waals surface area contributed by atoms with Gasteiger partial charge in [0.25, 0.3) is 0 Å². The number of hydrogen-bond donors (Lipinski definition) is 0. The minimum absolute atomic E-state index is 1.11. The van der Waals surface area contributed by atoms with Gasteiger partial charge < -0.3 is 0 Å². The van der Waals surface area contributed by atoms with Gasteiger partial charge in [0.1, 0.15) is 0 Å². The first-order valence-electron chi connectivity index (χ1n) is 7.69. The first-order valence-corrected chi connectivity index (χ1v) is 9.10. The van der Waals surface area contributed by atoms with Crippen molar-refractivity contribution in [1.82, 2.24) is 0 Å². The third-order valence-corrected chi connectivity index (χ3v) is 4.62. The Hall–Kier alpha value is -2.25. The van der Waals surface area contributed by atoms with E-state index in [1.165, 1.54) is 0 Å². The van der Waals surface area contributed by atoms with Crippen LogP contribution >= 0.6 is 8.58 Å². The van der Waals surface area contributed by atoms with E-state index in [0.717, 1.165) is 0 Å². The van der Waals surface area contributed by atoms with Crippen molar-refractivity contribution in [2.24, 2.45) is 0 Å². The Bertz CT molecular complexity index is 884. The normalized spacial score (nSPS) is 12.0. The molecule has 0 heterocycles. The molecular weight excluding hydrogens is 527 g/mol. The van der Waals surface area contributed by atoms with Gasteiger partial charge in [-0.25, -0.2) is 43.9 Å². The molecule has 0 unspecified atom stereocenters. The van der Waals surface area contributed by atoms with Gasteiger partial charge in [0.15, 0.2) is 46.5 Å². The van der Waals surface area contributed by atoms with E-state index in [0.29, 0.717) is 0 Å². The number of hydrogen-bond acceptors (Lipinski definition) is 0. The van der Waals surface area contributed by atoms with Gasteiger partial charge in [-0.3, -0.25) is 0 Å². The van der Waals surface area contributed by atoms with E-state index < -0.39 is 103 Å². The van der Waals surface area contributed by atoms with E-state index in [9.17, 15) is 70.2 Å². The van der Waals surface area contributed by atoms with Gasteiger partial charge >= 0.3 is 12.4 Å². The van der Waals surface area contributed by atoms with Crippen molar-refractivity contribution in [2.75, 3.05) is 12.3 Å². The van der Waals surface area contributed by atoms with Crippen LogP contribution in [-0.4, -0.2) is 24.7 Å². The monoisotopic (exact) mass is 532 g/mol. The Balaban J connectivity index is 0.000000420. The summed E-state index contributed by atoms with van der Waals surface area (Å²) in [7, 11) is -1.11. The van der Waals surface area contributed by atoms with E-state index in [1.54, 1.807) is 0 Å². The number of alkyl halides is 6. The zero-order chi connectivity index (χ0) is 26.0. The zero-order valence-electron chi connectivity index (χ0n) is 15.0. The summed E-state index contributed by atoms with van der Waals surface area (Å²) in [6.45, 7) is 0. The summed E-state index contributed by atoms with van der Waals surface area (Å²) >= 11 is 0. The van der Waals surface area contributed by atoms with E-state index in [2.05, 4.69) is 0 Å². The van der Waals surface area contributed by atoms with Crippen molar-refractivity contribution in [2.45, 2.75) is 12.4 Å². The lowest BCUT2D eigenvalue weighted by Crippen LogP contribution is -2.15. The standard InChI is InChI=1S/C12F10.C4H5F6P/c13-3-1(4(14)8(18)11(21)7(3)17)2-5(15)9(19)12(22)10(20)6(2)16;5-3(6,7)1-11-2-4(8,9)10/h;11H,1-2H2. The van der Waals surface area contributed by atoms with E-state index >= 15 is 0 Å². The maximum Gasteiger partial charge on any atom is 0.392 e. The molecule has 2 rings (SSSR count). The minimum Gasteiger partial charge on any atom is -0.203 e. The maximum atomic E-state index is 13.4. The van der Waals surface area contributed by atoms with Gasteiger partial charge in [-0.15, -0.1) is 8.58 Å². The summed E-state index contributed by atoms with van der Waals surface area (Å²) < 4.78 is 199. The molecule has 186 valence electrons. The molecule has 0 aliphatic carbocycles. The molecule has 0 spiro atoms. The highest BCUT2D eigenvalue weighted by Crippen LogP contribution is 2.37. The topological polar surface area (TPSA) is 0 Å². The molecule has 0 aliphatic heterocycles. The maximum absolute atomic E-state index is 13.4. The molecule has 0 aliphatic rings. The highest BCUT2D eigenvalue weighted by Gasteiger charge is 2.34. The van der Waals surface area contributed by atoms with Crippen molar-refractivity contribution in [3.05, 3.63) is 58.2 Å². The number of halogens is 16. The van der Waals surface area contributed by atoms with Gasteiger partial charge in [0.05, 0.1) is 23.5 Å². The molecule has 2 aromatic carbocycles. The number of benzene rings is 2. The molecule has 0 N–H and O–H groups in total. The average molecular weight is 532 g/mol. The van der Waals surface area contributed by atoms with Crippen molar-refractivity contribution >= 4 is 8.58 Å². The van der Waals surface area contributed by atoms with Gasteiger partial charge in [0, 0.05) is 0 Å². The molecule has 0 nitrogen and oxygen atoms in total. The Morgan fingerprint density at radius 1 is 0.364 bits per heavy atom. The van der Waals surface area contributed by atoms with E-state index in [4.69, 9.17) is 0 Å². The highest BCUT2D eigenvalue weighted by molar-refractivity contribution is 7.38. The molecule has 0 saturated carbocycles. The summed E-state index contributed by atoms with van der Waals surface area (Å²) in [5.41, 5.74) is -4.52. The largest absolute Gasteiger partial charge is 0.392 e. The Kier molecular flexibility index (Phi) is 9.02.